The number of pyridine rings is 1. The monoisotopic (exact) mass is 295 g/mol. The lowest BCUT2D eigenvalue weighted by molar-refractivity contribution is -0.139. The number of aromatic nitrogens is 1. The Balaban J connectivity index is 3.22. The number of aromatic amines is 1. The standard InChI is InChI=1S/C9H8BrF2NO3/c1-16-6(14)2-4-7(15)5(9(11)12)3-13-8(4)10/h3,9H,2H2,1H3,(H,13,15). The summed E-state index contributed by atoms with van der Waals surface area (Å²) in [6.45, 7) is 0. The fraction of sp³-hybridized carbons (Fsp3) is 0.333. The molecule has 4 nitrogen and oxygen atoms in total. The van der Waals surface area contributed by atoms with Gasteiger partial charge in [-0.25, -0.2) is 8.78 Å². The van der Waals surface area contributed by atoms with Gasteiger partial charge >= 0.3 is 5.97 Å². The molecule has 0 spiro atoms. The molecule has 0 fully saturated rings. The summed E-state index contributed by atoms with van der Waals surface area (Å²) in [7, 11) is 1.15. The average molecular weight is 296 g/mol. The number of halogens is 3. The Morgan fingerprint density at radius 3 is 2.75 bits per heavy atom. The third-order valence-corrected chi connectivity index (χ3v) is 2.65. The Bertz CT molecular complexity index is 459. The topological polar surface area (TPSA) is 59.2 Å². The van der Waals surface area contributed by atoms with E-state index >= 15 is 0 Å². The molecule has 1 heterocycles. The summed E-state index contributed by atoms with van der Waals surface area (Å²) < 4.78 is 29.4. The van der Waals surface area contributed by atoms with Crippen LogP contribution in [0.1, 0.15) is 17.6 Å². The van der Waals surface area contributed by atoms with Crippen LogP contribution in [0.3, 0.4) is 0 Å². The summed E-state index contributed by atoms with van der Waals surface area (Å²) in [4.78, 5) is 25.0. The summed E-state index contributed by atoms with van der Waals surface area (Å²) in [6.07, 6.45) is -2.32. The Labute approximate surface area is 97.7 Å². The molecule has 0 aliphatic rings. The molecule has 0 aliphatic carbocycles. The number of alkyl halides is 2. The molecule has 0 atom stereocenters. The molecule has 0 bridgehead atoms. The van der Waals surface area contributed by atoms with Crippen molar-refractivity contribution in [2.75, 3.05) is 7.11 Å². The zero-order valence-corrected chi connectivity index (χ0v) is 9.81. The molecule has 0 saturated carbocycles. The van der Waals surface area contributed by atoms with Crippen molar-refractivity contribution in [3.63, 3.8) is 0 Å². The molecular weight excluding hydrogens is 288 g/mol. The Kier molecular flexibility index (Phi) is 4.17. The molecule has 0 unspecified atom stereocenters. The zero-order chi connectivity index (χ0) is 12.3. The van der Waals surface area contributed by atoms with E-state index < -0.39 is 23.4 Å². The first-order valence-corrected chi connectivity index (χ1v) is 5.01. The second-order valence-corrected chi connectivity index (χ2v) is 3.71. The van der Waals surface area contributed by atoms with Gasteiger partial charge in [0.05, 0.1) is 23.7 Å². The minimum Gasteiger partial charge on any atom is -0.469 e. The molecule has 0 aliphatic heterocycles. The SMILES string of the molecule is COC(=O)Cc1c(Br)[nH]cc(C(F)F)c1=O. The van der Waals surface area contributed by atoms with E-state index in [1.807, 2.05) is 0 Å². The first-order valence-electron chi connectivity index (χ1n) is 4.22. The molecule has 1 rings (SSSR count). The summed E-state index contributed by atoms with van der Waals surface area (Å²) >= 11 is 2.98. The smallest absolute Gasteiger partial charge is 0.310 e. The first-order chi connectivity index (χ1) is 7.47. The molecule has 0 saturated heterocycles. The van der Waals surface area contributed by atoms with Gasteiger partial charge < -0.3 is 9.72 Å². The molecule has 1 aromatic heterocycles. The number of H-pyrrole nitrogens is 1. The molecule has 7 heteroatoms. The third kappa shape index (κ3) is 2.66. The van der Waals surface area contributed by atoms with Gasteiger partial charge in [-0.15, -0.1) is 0 Å². The maximum absolute atomic E-state index is 12.4. The lowest BCUT2D eigenvalue weighted by Crippen LogP contribution is -2.20. The van der Waals surface area contributed by atoms with E-state index in [-0.39, 0.29) is 16.6 Å². The van der Waals surface area contributed by atoms with Gasteiger partial charge in [-0.1, -0.05) is 0 Å². The fourth-order valence-electron chi connectivity index (χ4n) is 1.10. The van der Waals surface area contributed by atoms with Gasteiger partial charge in [0, 0.05) is 11.8 Å². The average Bonchev–Trinajstić information content (AvgIpc) is 2.23. The minimum atomic E-state index is -2.88. The highest BCUT2D eigenvalue weighted by Crippen LogP contribution is 2.18. The molecule has 88 valence electrons. The van der Waals surface area contributed by atoms with Crippen molar-refractivity contribution in [2.24, 2.45) is 0 Å². The predicted octanol–water partition coefficient (Wildman–Crippen LogP) is 1.79. The number of nitrogens with one attached hydrogen (secondary N) is 1. The van der Waals surface area contributed by atoms with Crippen LogP contribution in [-0.2, 0) is 16.0 Å². The van der Waals surface area contributed by atoms with Gasteiger partial charge in [0.1, 0.15) is 0 Å². The summed E-state index contributed by atoms with van der Waals surface area (Å²) in [5.74, 6) is -0.669. The second kappa shape index (κ2) is 5.20. The van der Waals surface area contributed by atoms with Crippen molar-refractivity contribution < 1.29 is 18.3 Å². The second-order valence-electron chi connectivity index (χ2n) is 2.92. The van der Waals surface area contributed by atoms with Crippen molar-refractivity contribution in [1.82, 2.24) is 4.98 Å². The Morgan fingerprint density at radius 1 is 1.62 bits per heavy atom. The molecule has 0 aromatic carbocycles. The van der Waals surface area contributed by atoms with Crippen LogP contribution < -0.4 is 5.43 Å². The van der Waals surface area contributed by atoms with Crippen LogP contribution >= 0.6 is 15.9 Å². The van der Waals surface area contributed by atoms with Crippen LogP contribution in [0.15, 0.2) is 15.6 Å². The maximum atomic E-state index is 12.4. The van der Waals surface area contributed by atoms with E-state index in [1.54, 1.807) is 0 Å². The third-order valence-electron chi connectivity index (χ3n) is 1.94. The number of carbonyl (C=O) groups is 1. The van der Waals surface area contributed by atoms with Crippen LogP contribution in [0, 0.1) is 0 Å². The van der Waals surface area contributed by atoms with Gasteiger partial charge in [0.25, 0.3) is 6.43 Å². The molecular formula is C9H8BrF2NO3. The summed E-state index contributed by atoms with van der Waals surface area (Å²) in [6, 6.07) is 0. The fourth-order valence-corrected chi connectivity index (χ4v) is 1.54. The largest absolute Gasteiger partial charge is 0.469 e. The van der Waals surface area contributed by atoms with E-state index in [0.717, 1.165) is 13.3 Å². The highest BCUT2D eigenvalue weighted by molar-refractivity contribution is 9.10. The molecule has 0 radical (unpaired) electrons. The van der Waals surface area contributed by atoms with Gasteiger partial charge in [0.15, 0.2) is 5.43 Å². The summed E-state index contributed by atoms with van der Waals surface area (Å²) in [5.41, 5.74) is -1.59. The number of carbonyl (C=O) groups excluding carboxylic acids is 1. The van der Waals surface area contributed by atoms with Crippen molar-refractivity contribution in [3.05, 3.63) is 32.2 Å². The predicted molar refractivity (Wildman–Crippen MR) is 55.4 cm³/mol. The van der Waals surface area contributed by atoms with Crippen LogP contribution in [0.4, 0.5) is 8.78 Å². The van der Waals surface area contributed by atoms with Crippen molar-refractivity contribution in [2.45, 2.75) is 12.8 Å². The maximum Gasteiger partial charge on any atom is 0.310 e. The van der Waals surface area contributed by atoms with Crippen LogP contribution in [-0.4, -0.2) is 18.1 Å². The molecule has 1 aromatic rings. The molecule has 0 amide bonds. The van der Waals surface area contributed by atoms with Crippen molar-refractivity contribution in [3.8, 4) is 0 Å². The van der Waals surface area contributed by atoms with E-state index in [2.05, 4.69) is 25.7 Å². The lowest BCUT2D eigenvalue weighted by atomic mass is 10.1. The number of hydrogen-bond donors (Lipinski definition) is 1. The lowest BCUT2D eigenvalue weighted by Gasteiger charge is -2.05. The number of hydrogen-bond acceptors (Lipinski definition) is 3. The minimum absolute atomic E-state index is 0.0651. The number of ether oxygens (including phenoxy) is 1. The normalized spacial score (nSPS) is 10.6. The van der Waals surface area contributed by atoms with Gasteiger partial charge in [-0.05, 0) is 15.9 Å². The zero-order valence-electron chi connectivity index (χ0n) is 8.22. The van der Waals surface area contributed by atoms with Gasteiger partial charge in [-0.2, -0.15) is 0 Å². The number of methoxy groups -OCH3 is 1. The van der Waals surface area contributed by atoms with Crippen molar-refractivity contribution >= 4 is 21.9 Å². The van der Waals surface area contributed by atoms with Gasteiger partial charge in [-0.3, -0.25) is 9.59 Å². The van der Waals surface area contributed by atoms with Crippen LogP contribution in [0.5, 0.6) is 0 Å². The quantitative estimate of drug-likeness (QED) is 0.683. The molecule has 16 heavy (non-hydrogen) atoms. The summed E-state index contributed by atoms with van der Waals surface area (Å²) in [5, 5.41) is 0. The van der Waals surface area contributed by atoms with Gasteiger partial charge in [0.2, 0.25) is 0 Å². The van der Waals surface area contributed by atoms with E-state index in [4.69, 9.17) is 0 Å². The highest BCUT2D eigenvalue weighted by Gasteiger charge is 2.19. The van der Waals surface area contributed by atoms with Crippen molar-refractivity contribution in [1.29, 1.82) is 0 Å². The van der Waals surface area contributed by atoms with E-state index in [1.165, 1.54) is 0 Å². The first kappa shape index (κ1) is 12.8. The van der Waals surface area contributed by atoms with Crippen LogP contribution in [0.25, 0.3) is 0 Å². The van der Waals surface area contributed by atoms with Crippen LogP contribution in [0.2, 0.25) is 0 Å². The molecule has 1 N–H and O–H groups in total. The number of esters is 1. The number of rotatable bonds is 3. The van der Waals surface area contributed by atoms with E-state index in [0.29, 0.717) is 0 Å². The Hall–Kier alpha value is -1.24. The Morgan fingerprint density at radius 2 is 2.25 bits per heavy atom. The highest BCUT2D eigenvalue weighted by atomic mass is 79.9. The van der Waals surface area contributed by atoms with E-state index in [9.17, 15) is 18.4 Å².